The second-order valence-electron chi connectivity index (χ2n) is 3.93. The predicted octanol–water partition coefficient (Wildman–Crippen LogP) is 3.72. The predicted molar refractivity (Wildman–Crippen MR) is 66.0 cm³/mol. The molecular weight excluding hydrogens is 224 g/mol. The van der Waals surface area contributed by atoms with Gasteiger partial charge in [-0.1, -0.05) is 31.5 Å². The monoisotopic (exact) mass is 240 g/mol. The lowest BCUT2D eigenvalue weighted by atomic mass is 10.0. The van der Waals surface area contributed by atoms with Crippen LogP contribution in [0.3, 0.4) is 0 Å². The Morgan fingerprint density at radius 1 is 1.44 bits per heavy atom. The SMILES string of the molecule is CCC(C)C(=O)C(C)Oc1cccc(Cl)c1. The van der Waals surface area contributed by atoms with Crippen LogP contribution in [0, 0.1) is 5.92 Å². The number of ether oxygens (including phenoxy) is 1. The van der Waals surface area contributed by atoms with Gasteiger partial charge < -0.3 is 4.74 Å². The highest BCUT2D eigenvalue weighted by atomic mass is 35.5. The van der Waals surface area contributed by atoms with Crippen molar-refractivity contribution in [1.82, 2.24) is 0 Å². The van der Waals surface area contributed by atoms with Gasteiger partial charge in [0.05, 0.1) is 0 Å². The van der Waals surface area contributed by atoms with E-state index in [1.165, 1.54) is 0 Å². The number of hydrogen-bond acceptors (Lipinski definition) is 2. The van der Waals surface area contributed by atoms with E-state index < -0.39 is 6.10 Å². The van der Waals surface area contributed by atoms with Gasteiger partial charge in [0, 0.05) is 10.9 Å². The van der Waals surface area contributed by atoms with E-state index >= 15 is 0 Å². The molecule has 0 saturated heterocycles. The van der Waals surface area contributed by atoms with Crippen LogP contribution in [0.4, 0.5) is 0 Å². The normalized spacial score (nSPS) is 14.2. The molecule has 16 heavy (non-hydrogen) atoms. The molecule has 0 aliphatic heterocycles. The summed E-state index contributed by atoms with van der Waals surface area (Å²) in [6.45, 7) is 5.68. The summed E-state index contributed by atoms with van der Waals surface area (Å²) in [4.78, 5) is 11.8. The third kappa shape index (κ3) is 3.53. The Labute approximate surface area is 102 Å². The molecule has 2 atom stereocenters. The average Bonchev–Trinajstić information content (AvgIpc) is 2.27. The minimum atomic E-state index is -0.423. The van der Waals surface area contributed by atoms with Gasteiger partial charge >= 0.3 is 0 Å². The highest BCUT2D eigenvalue weighted by Gasteiger charge is 2.19. The number of Topliss-reactive ketones (excluding diaryl/α,β-unsaturated/α-hetero) is 1. The molecule has 88 valence electrons. The Kier molecular flexibility index (Phi) is 4.81. The lowest BCUT2D eigenvalue weighted by molar-refractivity contribution is -0.128. The molecule has 1 aromatic rings. The van der Waals surface area contributed by atoms with E-state index in [2.05, 4.69) is 0 Å². The second kappa shape index (κ2) is 5.90. The van der Waals surface area contributed by atoms with Crippen LogP contribution in [0.15, 0.2) is 24.3 Å². The molecule has 0 bridgehead atoms. The van der Waals surface area contributed by atoms with Crippen molar-refractivity contribution in [3.63, 3.8) is 0 Å². The number of halogens is 1. The van der Waals surface area contributed by atoms with Crippen molar-refractivity contribution in [2.24, 2.45) is 5.92 Å². The summed E-state index contributed by atoms with van der Waals surface area (Å²) in [5.41, 5.74) is 0. The molecule has 2 unspecified atom stereocenters. The minimum absolute atomic E-state index is 0.0363. The fourth-order valence-electron chi connectivity index (χ4n) is 1.40. The second-order valence-corrected chi connectivity index (χ2v) is 4.37. The highest BCUT2D eigenvalue weighted by molar-refractivity contribution is 6.30. The maximum atomic E-state index is 11.8. The number of ketones is 1. The molecule has 1 rings (SSSR count). The van der Waals surface area contributed by atoms with Gasteiger partial charge in [0.15, 0.2) is 11.9 Å². The summed E-state index contributed by atoms with van der Waals surface area (Å²) in [6.07, 6.45) is 0.413. The van der Waals surface area contributed by atoms with Crippen molar-refractivity contribution in [2.75, 3.05) is 0 Å². The van der Waals surface area contributed by atoms with Crippen LogP contribution in [0.1, 0.15) is 27.2 Å². The van der Waals surface area contributed by atoms with E-state index in [4.69, 9.17) is 16.3 Å². The van der Waals surface area contributed by atoms with Gasteiger partial charge in [-0.3, -0.25) is 4.79 Å². The lowest BCUT2D eigenvalue weighted by Crippen LogP contribution is -2.28. The zero-order chi connectivity index (χ0) is 12.1. The van der Waals surface area contributed by atoms with Gasteiger partial charge in [-0.25, -0.2) is 0 Å². The summed E-state index contributed by atoms with van der Waals surface area (Å²) < 4.78 is 5.55. The third-order valence-electron chi connectivity index (χ3n) is 2.61. The van der Waals surface area contributed by atoms with Crippen LogP contribution in [-0.4, -0.2) is 11.9 Å². The smallest absolute Gasteiger partial charge is 0.175 e. The molecule has 0 spiro atoms. The van der Waals surface area contributed by atoms with E-state index in [0.29, 0.717) is 10.8 Å². The van der Waals surface area contributed by atoms with Crippen LogP contribution >= 0.6 is 11.6 Å². The highest BCUT2D eigenvalue weighted by Crippen LogP contribution is 2.19. The van der Waals surface area contributed by atoms with Gasteiger partial charge in [0.1, 0.15) is 5.75 Å². The van der Waals surface area contributed by atoms with E-state index in [-0.39, 0.29) is 11.7 Å². The zero-order valence-corrected chi connectivity index (χ0v) is 10.6. The molecule has 0 heterocycles. The molecule has 0 fully saturated rings. The largest absolute Gasteiger partial charge is 0.483 e. The third-order valence-corrected chi connectivity index (χ3v) is 2.84. The average molecular weight is 241 g/mol. The Morgan fingerprint density at radius 3 is 2.69 bits per heavy atom. The summed E-state index contributed by atoms with van der Waals surface area (Å²) >= 11 is 5.83. The number of rotatable bonds is 5. The molecule has 2 nitrogen and oxygen atoms in total. The fraction of sp³-hybridized carbons (Fsp3) is 0.462. The molecule has 1 aromatic carbocycles. The van der Waals surface area contributed by atoms with Crippen molar-refractivity contribution in [2.45, 2.75) is 33.3 Å². The van der Waals surface area contributed by atoms with E-state index in [1.807, 2.05) is 13.8 Å². The van der Waals surface area contributed by atoms with Gasteiger partial charge in [0.25, 0.3) is 0 Å². The number of carbonyl (C=O) groups excluding carboxylic acids is 1. The van der Waals surface area contributed by atoms with Gasteiger partial charge in [-0.15, -0.1) is 0 Å². The topological polar surface area (TPSA) is 26.3 Å². The Bertz CT molecular complexity index is 363. The van der Waals surface area contributed by atoms with Crippen LogP contribution in [0.5, 0.6) is 5.75 Å². The van der Waals surface area contributed by atoms with E-state index in [0.717, 1.165) is 6.42 Å². The first kappa shape index (κ1) is 13.0. The van der Waals surface area contributed by atoms with Crippen LogP contribution in [0.25, 0.3) is 0 Å². The quantitative estimate of drug-likeness (QED) is 0.784. The molecule has 0 amide bonds. The first-order chi connectivity index (χ1) is 7.54. The molecule has 0 aliphatic rings. The summed E-state index contributed by atoms with van der Waals surface area (Å²) in [6, 6.07) is 7.09. The number of hydrogen-bond donors (Lipinski definition) is 0. The van der Waals surface area contributed by atoms with Crippen LogP contribution in [0.2, 0.25) is 5.02 Å². The van der Waals surface area contributed by atoms with Gasteiger partial charge in [-0.05, 0) is 31.5 Å². The maximum absolute atomic E-state index is 11.8. The van der Waals surface area contributed by atoms with Crippen molar-refractivity contribution >= 4 is 17.4 Å². The van der Waals surface area contributed by atoms with Gasteiger partial charge in [0.2, 0.25) is 0 Å². The Morgan fingerprint density at radius 2 is 2.12 bits per heavy atom. The molecule has 0 aliphatic carbocycles. The number of carbonyl (C=O) groups is 1. The molecule has 0 N–H and O–H groups in total. The van der Waals surface area contributed by atoms with Crippen molar-refractivity contribution in [3.8, 4) is 5.75 Å². The van der Waals surface area contributed by atoms with Crippen molar-refractivity contribution in [3.05, 3.63) is 29.3 Å². The Balaban J connectivity index is 2.64. The summed E-state index contributed by atoms with van der Waals surface area (Å²) in [5, 5.41) is 0.612. The molecule has 0 aromatic heterocycles. The molecule has 0 saturated carbocycles. The fourth-order valence-corrected chi connectivity index (χ4v) is 1.58. The summed E-state index contributed by atoms with van der Waals surface area (Å²) in [5.74, 6) is 0.799. The molecule has 3 heteroatoms. The first-order valence-corrected chi connectivity index (χ1v) is 5.88. The number of benzene rings is 1. The maximum Gasteiger partial charge on any atom is 0.175 e. The summed E-state index contributed by atoms with van der Waals surface area (Å²) in [7, 11) is 0. The first-order valence-electron chi connectivity index (χ1n) is 5.50. The zero-order valence-electron chi connectivity index (χ0n) is 9.87. The Hall–Kier alpha value is -1.02. The molecule has 0 radical (unpaired) electrons. The van der Waals surface area contributed by atoms with E-state index in [9.17, 15) is 4.79 Å². The van der Waals surface area contributed by atoms with Crippen LogP contribution in [-0.2, 0) is 4.79 Å². The minimum Gasteiger partial charge on any atom is -0.483 e. The van der Waals surface area contributed by atoms with Gasteiger partial charge in [-0.2, -0.15) is 0 Å². The standard InChI is InChI=1S/C13H17ClO2/c1-4-9(2)13(15)10(3)16-12-7-5-6-11(14)8-12/h5-10H,4H2,1-3H3. The van der Waals surface area contributed by atoms with E-state index in [1.54, 1.807) is 31.2 Å². The van der Waals surface area contributed by atoms with Crippen LogP contribution < -0.4 is 4.74 Å². The van der Waals surface area contributed by atoms with Crippen molar-refractivity contribution < 1.29 is 9.53 Å². The lowest BCUT2D eigenvalue weighted by Gasteiger charge is -2.16. The van der Waals surface area contributed by atoms with Crippen molar-refractivity contribution in [1.29, 1.82) is 0 Å². The molecular formula is C13H17ClO2.